The van der Waals surface area contributed by atoms with Gasteiger partial charge in [0.1, 0.15) is 5.82 Å². The molecule has 6 rings (SSSR count). The van der Waals surface area contributed by atoms with Gasteiger partial charge in [-0.05, 0) is 56.9 Å². The van der Waals surface area contributed by atoms with Crippen LogP contribution in [-0.2, 0) is 6.42 Å². The van der Waals surface area contributed by atoms with Crippen molar-refractivity contribution in [2.24, 2.45) is 0 Å². The van der Waals surface area contributed by atoms with Gasteiger partial charge in [-0.1, -0.05) is 23.8 Å². The van der Waals surface area contributed by atoms with Crippen molar-refractivity contribution in [2.75, 3.05) is 25.5 Å². The Morgan fingerprint density at radius 1 is 1.18 bits per heavy atom. The minimum absolute atomic E-state index is 0.107. The van der Waals surface area contributed by atoms with E-state index in [4.69, 9.17) is 4.74 Å². The molecule has 3 aromatic rings. The number of halogens is 1. The fourth-order valence-corrected chi connectivity index (χ4v) is 4.54. The van der Waals surface area contributed by atoms with Gasteiger partial charge in [-0.25, -0.2) is 4.39 Å². The number of benzene rings is 1. The van der Waals surface area contributed by atoms with E-state index in [2.05, 4.69) is 43.5 Å². The number of nitrogens with zero attached hydrogens (tertiary/aromatic N) is 4. The molecule has 7 nitrogen and oxygen atoms in total. The number of fused-ring (bicyclic) bond motifs is 1. The lowest BCUT2D eigenvalue weighted by atomic mass is 10.0. The van der Waals surface area contributed by atoms with Crippen LogP contribution in [0.2, 0.25) is 0 Å². The van der Waals surface area contributed by atoms with Crippen LogP contribution >= 0.6 is 0 Å². The number of hydrogen-bond acceptors (Lipinski definition) is 6. The van der Waals surface area contributed by atoms with Gasteiger partial charge >= 0.3 is 6.01 Å². The number of aromatic nitrogens is 4. The predicted octanol–water partition coefficient (Wildman–Crippen LogP) is 5.43. The van der Waals surface area contributed by atoms with Crippen LogP contribution in [0.3, 0.4) is 0 Å². The van der Waals surface area contributed by atoms with Crippen molar-refractivity contribution in [2.45, 2.75) is 38.5 Å². The molecule has 1 aliphatic heterocycles. The van der Waals surface area contributed by atoms with Gasteiger partial charge < -0.3 is 15.0 Å². The van der Waals surface area contributed by atoms with Crippen LogP contribution in [-0.4, -0.2) is 45.2 Å². The maximum atomic E-state index is 15.2. The minimum Gasteiger partial charge on any atom is -0.421 e. The van der Waals surface area contributed by atoms with Crippen LogP contribution in [0.25, 0.3) is 11.6 Å². The van der Waals surface area contributed by atoms with Crippen molar-refractivity contribution in [3.8, 4) is 11.8 Å². The zero-order valence-electron chi connectivity index (χ0n) is 19.4. The van der Waals surface area contributed by atoms with E-state index in [1.807, 2.05) is 31.2 Å². The SMILES string of the molecule is CC1=Cc2c(ccc(Oc3nc(Nc4cc(C5CC5)[nH]n4)cc(C4=CCN(C)CC4)n3)c2F)C1. The summed E-state index contributed by atoms with van der Waals surface area (Å²) in [5.74, 6) is 1.58. The van der Waals surface area contributed by atoms with Gasteiger partial charge in [0, 0.05) is 42.4 Å². The molecule has 1 saturated carbocycles. The lowest BCUT2D eigenvalue weighted by molar-refractivity contribution is 0.369. The Morgan fingerprint density at radius 3 is 2.85 bits per heavy atom. The standard InChI is InChI=1S/C26H27FN6O/c1-15-11-18-5-6-22(25(27)19(18)12-15)34-26-28-20(17-7-9-33(2)10-8-17)13-23(30-26)29-24-14-21(31-32-24)16-3-4-16/h5-7,12-14,16H,3-4,8-11H2,1-2H3,(H2,28,29,30,31,32). The number of likely N-dealkylation sites (N-methyl/N-ethyl adjacent to an activating group) is 1. The van der Waals surface area contributed by atoms with E-state index in [-0.39, 0.29) is 17.6 Å². The first-order valence-electron chi connectivity index (χ1n) is 11.8. The van der Waals surface area contributed by atoms with Gasteiger partial charge in [0.2, 0.25) is 0 Å². The average molecular weight is 459 g/mol. The van der Waals surface area contributed by atoms with Gasteiger partial charge in [-0.15, -0.1) is 0 Å². The zero-order valence-corrected chi connectivity index (χ0v) is 19.4. The van der Waals surface area contributed by atoms with Gasteiger partial charge in [0.05, 0.1) is 5.69 Å². The third-order valence-corrected chi connectivity index (χ3v) is 6.61. The van der Waals surface area contributed by atoms with Crippen LogP contribution in [0.5, 0.6) is 11.8 Å². The summed E-state index contributed by atoms with van der Waals surface area (Å²) in [7, 11) is 2.09. The molecule has 2 aliphatic carbocycles. The molecule has 0 spiro atoms. The van der Waals surface area contributed by atoms with Crippen LogP contribution in [0, 0.1) is 5.82 Å². The molecule has 2 N–H and O–H groups in total. The maximum absolute atomic E-state index is 15.2. The molecule has 1 fully saturated rings. The summed E-state index contributed by atoms with van der Waals surface area (Å²) in [5, 5.41) is 10.7. The summed E-state index contributed by atoms with van der Waals surface area (Å²) < 4.78 is 21.1. The van der Waals surface area contributed by atoms with Gasteiger partial charge in [-0.3, -0.25) is 5.10 Å². The lowest BCUT2D eigenvalue weighted by Gasteiger charge is -2.22. The molecular weight excluding hydrogens is 431 g/mol. The number of rotatable bonds is 6. The number of nitrogens with one attached hydrogen (secondary N) is 2. The fraction of sp³-hybridized carbons (Fsp3) is 0.346. The molecule has 8 heteroatoms. The number of allylic oxidation sites excluding steroid dienone is 1. The van der Waals surface area contributed by atoms with Crippen molar-refractivity contribution in [1.29, 1.82) is 0 Å². The maximum Gasteiger partial charge on any atom is 0.324 e. The van der Waals surface area contributed by atoms with Gasteiger partial charge in [-0.2, -0.15) is 15.1 Å². The largest absolute Gasteiger partial charge is 0.421 e. The number of ether oxygens (including phenoxy) is 1. The van der Waals surface area contributed by atoms with E-state index in [1.54, 1.807) is 6.07 Å². The van der Waals surface area contributed by atoms with E-state index in [0.29, 0.717) is 23.1 Å². The monoisotopic (exact) mass is 458 g/mol. The highest BCUT2D eigenvalue weighted by molar-refractivity contribution is 5.68. The van der Waals surface area contributed by atoms with E-state index >= 15 is 4.39 Å². The van der Waals surface area contributed by atoms with Crippen molar-refractivity contribution >= 4 is 23.3 Å². The topological polar surface area (TPSA) is 79.0 Å². The highest BCUT2D eigenvalue weighted by atomic mass is 19.1. The molecule has 174 valence electrons. The lowest BCUT2D eigenvalue weighted by Crippen LogP contribution is -2.24. The number of H-pyrrole nitrogens is 1. The second-order valence-corrected chi connectivity index (χ2v) is 9.49. The third-order valence-electron chi connectivity index (χ3n) is 6.61. The fourth-order valence-electron chi connectivity index (χ4n) is 4.54. The normalized spacial score (nSPS) is 17.9. The Balaban J connectivity index is 1.33. The van der Waals surface area contributed by atoms with Gasteiger partial charge in [0.15, 0.2) is 17.4 Å². The molecule has 2 aromatic heterocycles. The molecule has 0 amide bonds. The summed E-state index contributed by atoms with van der Waals surface area (Å²) in [4.78, 5) is 11.4. The molecule has 34 heavy (non-hydrogen) atoms. The third kappa shape index (κ3) is 4.21. The molecule has 0 bridgehead atoms. The van der Waals surface area contributed by atoms with Crippen molar-refractivity contribution in [3.05, 3.63) is 64.2 Å². The van der Waals surface area contributed by atoms with E-state index in [1.165, 1.54) is 12.8 Å². The Morgan fingerprint density at radius 2 is 2.06 bits per heavy atom. The predicted molar refractivity (Wildman–Crippen MR) is 130 cm³/mol. The Bertz CT molecular complexity index is 1320. The van der Waals surface area contributed by atoms with Crippen molar-refractivity contribution < 1.29 is 9.13 Å². The van der Waals surface area contributed by atoms with Crippen LogP contribution < -0.4 is 10.1 Å². The first-order valence-corrected chi connectivity index (χ1v) is 11.8. The van der Waals surface area contributed by atoms with Gasteiger partial charge in [0.25, 0.3) is 0 Å². The smallest absolute Gasteiger partial charge is 0.324 e. The summed E-state index contributed by atoms with van der Waals surface area (Å²) in [6, 6.07) is 7.60. The van der Waals surface area contributed by atoms with Crippen LogP contribution in [0.15, 0.2) is 35.9 Å². The second kappa shape index (κ2) is 8.36. The average Bonchev–Trinajstić information content (AvgIpc) is 3.45. The molecule has 0 radical (unpaired) electrons. The van der Waals surface area contributed by atoms with E-state index in [9.17, 15) is 0 Å². The summed E-state index contributed by atoms with van der Waals surface area (Å²) in [6.45, 7) is 3.81. The summed E-state index contributed by atoms with van der Waals surface area (Å²) >= 11 is 0. The molecule has 0 saturated heterocycles. The zero-order chi connectivity index (χ0) is 23.2. The first kappa shape index (κ1) is 21.0. The molecular formula is C26H27FN6O. The molecule has 0 atom stereocenters. The minimum atomic E-state index is -0.377. The Kier molecular flexibility index (Phi) is 5.17. The van der Waals surface area contributed by atoms with Crippen molar-refractivity contribution in [3.63, 3.8) is 0 Å². The second-order valence-electron chi connectivity index (χ2n) is 9.49. The quantitative estimate of drug-likeness (QED) is 0.513. The number of anilines is 2. The summed E-state index contributed by atoms with van der Waals surface area (Å²) in [6.07, 6.45) is 8.07. The number of hydrogen-bond donors (Lipinski definition) is 2. The Hall–Kier alpha value is -3.52. The first-order chi connectivity index (χ1) is 16.5. The number of aromatic amines is 1. The molecule has 1 aromatic carbocycles. The van der Waals surface area contributed by atoms with Crippen LogP contribution in [0.4, 0.5) is 16.0 Å². The highest BCUT2D eigenvalue weighted by Gasteiger charge is 2.26. The van der Waals surface area contributed by atoms with E-state index in [0.717, 1.165) is 54.0 Å². The van der Waals surface area contributed by atoms with E-state index < -0.39 is 0 Å². The van der Waals surface area contributed by atoms with Crippen molar-refractivity contribution in [1.82, 2.24) is 25.1 Å². The molecule has 3 aliphatic rings. The molecule has 3 heterocycles. The molecule has 0 unspecified atom stereocenters. The summed E-state index contributed by atoms with van der Waals surface area (Å²) in [5.41, 5.74) is 5.73. The Labute approximate surface area is 197 Å². The van der Waals surface area contributed by atoms with Crippen LogP contribution in [0.1, 0.15) is 54.6 Å². The highest BCUT2D eigenvalue weighted by Crippen LogP contribution is 2.40.